The number of hydrogen-bond donors (Lipinski definition) is 1. The van der Waals surface area contributed by atoms with Crippen LogP contribution in [0.2, 0.25) is 0 Å². The second-order valence-corrected chi connectivity index (χ2v) is 4.37. The average Bonchev–Trinajstić information content (AvgIpc) is 2.86. The Kier molecular flexibility index (Phi) is 4.55. The summed E-state index contributed by atoms with van der Waals surface area (Å²) in [4.78, 5) is 0. The number of aromatic nitrogens is 2. The van der Waals surface area contributed by atoms with Gasteiger partial charge in [0.2, 0.25) is 0 Å². The summed E-state index contributed by atoms with van der Waals surface area (Å²) in [6, 6.07) is 6.60. The number of nitrogens with one attached hydrogen (secondary N) is 1. The van der Waals surface area contributed by atoms with E-state index >= 15 is 0 Å². The smallest absolute Gasteiger partial charge is 0.387 e. The van der Waals surface area contributed by atoms with Crippen LogP contribution in [0.5, 0.6) is 5.75 Å². The standard InChI is InChI=1S/C14H17F2N3O/c1-3-19-9-11(8-17-19)18-10(2)12-6-4-5-7-13(12)20-14(15)16/h4-10,14,18H,3H2,1-2H3. The van der Waals surface area contributed by atoms with E-state index in [1.54, 1.807) is 29.1 Å². The van der Waals surface area contributed by atoms with Crippen LogP contribution in [-0.2, 0) is 6.54 Å². The fraction of sp³-hybridized carbons (Fsp3) is 0.357. The van der Waals surface area contributed by atoms with Gasteiger partial charge in [-0.2, -0.15) is 13.9 Å². The van der Waals surface area contributed by atoms with Gasteiger partial charge in [0, 0.05) is 18.3 Å². The maximum atomic E-state index is 12.4. The number of ether oxygens (including phenoxy) is 1. The van der Waals surface area contributed by atoms with Crippen LogP contribution in [0.4, 0.5) is 14.5 Å². The third-order valence-corrected chi connectivity index (χ3v) is 2.94. The molecule has 0 bridgehead atoms. The molecule has 0 aliphatic carbocycles. The van der Waals surface area contributed by atoms with Crippen LogP contribution in [0.15, 0.2) is 36.7 Å². The highest BCUT2D eigenvalue weighted by molar-refractivity contribution is 5.45. The Balaban J connectivity index is 2.14. The normalized spacial score (nSPS) is 12.4. The molecule has 1 heterocycles. The number of nitrogens with zero attached hydrogens (tertiary/aromatic N) is 2. The maximum Gasteiger partial charge on any atom is 0.387 e. The molecular weight excluding hydrogens is 264 g/mol. The molecule has 0 aliphatic heterocycles. The summed E-state index contributed by atoms with van der Waals surface area (Å²) < 4.78 is 31.1. The molecule has 1 atom stereocenters. The van der Waals surface area contributed by atoms with E-state index in [4.69, 9.17) is 0 Å². The number of anilines is 1. The number of halogens is 2. The molecule has 6 heteroatoms. The van der Waals surface area contributed by atoms with Crippen molar-refractivity contribution < 1.29 is 13.5 Å². The zero-order valence-corrected chi connectivity index (χ0v) is 11.4. The molecule has 1 aromatic carbocycles. The highest BCUT2D eigenvalue weighted by Crippen LogP contribution is 2.28. The molecular formula is C14H17F2N3O. The molecule has 108 valence electrons. The number of rotatable bonds is 6. The van der Waals surface area contributed by atoms with Crippen molar-refractivity contribution in [2.24, 2.45) is 0 Å². The zero-order valence-electron chi connectivity index (χ0n) is 11.4. The third-order valence-electron chi connectivity index (χ3n) is 2.94. The predicted molar refractivity (Wildman–Crippen MR) is 73.0 cm³/mol. The Labute approximate surface area is 116 Å². The fourth-order valence-electron chi connectivity index (χ4n) is 1.98. The summed E-state index contributed by atoms with van der Waals surface area (Å²) in [5.74, 6) is 0.186. The van der Waals surface area contributed by atoms with Crippen molar-refractivity contribution in [3.8, 4) is 5.75 Å². The molecule has 0 saturated heterocycles. The molecule has 0 amide bonds. The van der Waals surface area contributed by atoms with Crippen molar-refractivity contribution in [1.82, 2.24) is 9.78 Å². The minimum Gasteiger partial charge on any atom is -0.434 e. The van der Waals surface area contributed by atoms with Crippen molar-refractivity contribution in [3.63, 3.8) is 0 Å². The molecule has 2 rings (SSSR count). The highest BCUT2D eigenvalue weighted by atomic mass is 19.3. The van der Waals surface area contributed by atoms with Crippen molar-refractivity contribution in [1.29, 1.82) is 0 Å². The minimum absolute atomic E-state index is 0.167. The van der Waals surface area contributed by atoms with Gasteiger partial charge in [0.25, 0.3) is 0 Å². The van der Waals surface area contributed by atoms with Crippen molar-refractivity contribution in [3.05, 3.63) is 42.2 Å². The SMILES string of the molecule is CCn1cc(NC(C)c2ccccc2OC(F)F)cn1. The predicted octanol–water partition coefficient (Wildman–Crippen LogP) is 3.68. The van der Waals surface area contributed by atoms with Crippen LogP contribution in [0, 0.1) is 0 Å². The fourth-order valence-corrected chi connectivity index (χ4v) is 1.98. The molecule has 0 saturated carbocycles. The van der Waals surface area contributed by atoms with Crippen LogP contribution >= 0.6 is 0 Å². The molecule has 1 N–H and O–H groups in total. The summed E-state index contributed by atoms with van der Waals surface area (Å²) in [5.41, 5.74) is 1.52. The van der Waals surface area contributed by atoms with Gasteiger partial charge in [-0.1, -0.05) is 18.2 Å². The van der Waals surface area contributed by atoms with E-state index in [0.29, 0.717) is 5.56 Å². The summed E-state index contributed by atoms with van der Waals surface area (Å²) in [7, 11) is 0. The van der Waals surface area contributed by atoms with Gasteiger partial charge in [-0.25, -0.2) is 0 Å². The topological polar surface area (TPSA) is 39.1 Å². The number of benzene rings is 1. The first kappa shape index (κ1) is 14.3. The second-order valence-electron chi connectivity index (χ2n) is 4.37. The summed E-state index contributed by atoms with van der Waals surface area (Å²) in [5, 5.41) is 7.37. The first-order chi connectivity index (χ1) is 9.60. The summed E-state index contributed by atoms with van der Waals surface area (Å²) >= 11 is 0. The first-order valence-corrected chi connectivity index (χ1v) is 6.43. The van der Waals surface area contributed by atoms with E-state index in [-0.39, 0.29) is 11.8 Å². The largest absolute Gasteiger partial charge is 0.434 e. The maximum absolute atomic E-state index is 12.4. The quantitative estimate of drug-likeness (QED) is 0.878. The first-order valence-electron chi connectivity index (χ1n) is 6.43. The minimum atomic E-state index is -2.83. The molecule has 4 nitrogen and oxygen atoms in total. The highest BCUT2D eigenvalue weighted by Gasteiger charge is 2.14. The molecule has 2 aromatic rings. The van der Waals surface area contributed by atoms with Crippen LogP contribution in [0.3, 0.4) is 0 Å². The van der Waals surface area contributed by atoms with Gasteiger partial charge in [0.05, 0.1) is 17.9 Å². The number of alkyl halides is 2. The van der Waals surface area contributed by atoms with Gasteiger partial charge < -0.3 is 10.1 Å². The van der Waals surface area contributed by atoms with Crippen LogP contribution in [0.1, 0.15) is 25.5 Å². The molecule has 1 unspecified atom stereocenters. The van der Waals surface area contributed by atoms with Gasteiger partial charge in [-0.05, 0) is 19.9 Å². The Hall–Kier alpha value is -2.11. The van der Waals surface area contributed by atoms with E-state index < -0.39 is 6.61 Å². The van der Waals surface area contributed by atoms with E-state index in [1.807, 2.05) is 20.0 Å². The molecule has 20 heavy (non-hydrogen) atoms. The van der Waals surface area contributed by atoms with E-state index in [0.717, 1.165) is 12.2 Å². The lowest BCUT2D eigenvalue weighted by atomic mass is 10.1. The molecule has 0 radical (unpaired) electrons. The van der Waals surface area contributed by atoms with Gasteiger partial charge >= 0.3 is 6.61 Å². The van der Waals surface area contributed by atoms with Crippen LogP contribution in [-0.4, -0.2) is 16.4 Å². The molecule has 0 spiro atoms. The van der Waals surface area contributed by atoms with E-state index in [2.05, 4.69) is 15.2 Å². The zero-order chi connectivity index (χ0) is 14.5. The summed E-state index contributed by atoms with van der Waals surface area (Å²) in [6.07, 6.45) is 3.57. The average molecular weight is 281 g/mol. The van der Waals surface area contributed by atoms with E-state index in [1.165, 1.54) is 6.07 Å². The van der Waals surface area contributed by atoms with Crippen molar-refractivity contribution in [2.75, 3.05) is 5.32 Å². The summed E-state index contributed by atoms with van der Waals surface area (Å²) in [6.45, 7) is 1.83. The molecule has 0 aliphatic rings. The Bertz CT molecular complexity index is 557. The van der Waals surface area contributed by atoms with Crippen LogP contribution in [0.25, 0.3) is 0 Å². The lowest BCUT2D eigenvalue weighted by Crippen LogP contribution is -2.10. The Morgan fingerprint density at radius 1 is 1.35 bits per heavy atom. The Morgan fingerprint density at radius 2 is 2.10 bits per heavy atom. The number of aryl methyl sites for hydroxylation is 1. The van der Waals surface area contributed by atoms with E-state index in [9.17, 15) is 8.78 Å². The monoisotopic (exact) mass is 281 g/mol. The van der Waals surface area contributed by atoms with Crippen LogP contribution < -0.4 is 10.1 Å². The van der Waals surface area contributed by atoms with Gasteiger partial charge in [-0.3, -0.25) is 4.68 Å². The number of hydrogen-bond acceptors (Lipinski definition) is 3. The molecule has 1 aromatic heterocycles. The Morgan fingerprint density at radius 3 is 2.75 bits per heavy atom. The number of para-hydroxylation sites is 1. The van der Waals surface area contributed by atoms with Gasteiger partial charge in [0.1, 0.15) is 5.75 Å². The van der Waals surface area contributed by atoms with Crippen molar-refractivity contribution >= 4 is 5.69 Å². The van der Waals surface area contributed by atoms with Gasteiger partial charge in [0.15, 0.2) is 0 Å². The third kappa shape index (κ3) is 3.46. The van der Waals surface area contributed by atoms with Crippen molar-refractivity contribution in [2.45, 2.75) is 33.0 Å². The van der Waals surface area contributed by atoms with Gasteiger partial charge in [-0.15, -0.1) is 0 Å². The second kappa shape index (κ2) is 6.36. The lowest BCUT2D eigenvalue weighted by molar-refractivity contribution is -0.0505. The molecule has 0 fully saturated rings. The lowest BCUT2D eigenvalue weighted by Gasteiger charge is -2.18.